The van der Waals surface area contributed by atoms with E-state index in [0.717, 1.165) is 13.0 Å². The van der Waals surface area contributed by atoms with Gasteiger partial charge in [-0.3, -0.25) is 0 Å². The van der Waals surface area contributed by atoms with E-state index in [-0.39, 0.29) is 5.54 Å². The highest BCUT2D eigenvalue weighted by Gasteiger charge is 2.19. The van der Waals surface area contributed by atoms with Gasteiger partial charge in [0.2, 0.25) is 0 Å². The van der Waals surface area contributed by atoms with Crippen LogP contribution in [-0.4, -0.2) is 18.8 Å². The van der Waals surface area contributed by atoms with Crippen LogP contribution in [-0.2, 0) is 4.74 Å². The second-order valence-electron chi connectivity index (χ2n) is 3.89. The van der Waals surface area contributed by atoms with E-state index in [0.29, 0.717) is 12.5 Å². The molecule has 0 spiro atoms. The van der Waals surface area contributed by atoms with Crippen molar-refractivity contribution >= 4 is 0 Å². The summed E-state index contributed by atoms with van der Waals surface area (Å²) in [6, 6.07) is 0. The van der Waals surface area contributed by atoms with Crippen molar-refractivity contribution in [3.05, 3.63) is 0 Å². The Bertz CT molecular complexity index is 99.7. The minimum Gasteiger partial charge on any atom is -0.380 e. The number of hydrogen-bond donors (Lipinski definition) is 1. The molecular weight excluding hydrogens is 138 g/mol. The highest BCUT2D eigenvalue weighted by atomic mass is 16.5. The molecule has 68 valence electrons. The normalized spacial score (nSPS) is 16.9. The van der Waals surface area contributed by atoms with Crippen molar-refractivity contribution in [1.82, 2.24) is 0 Å². The van der Waals surface area contributed by atoms with Crippen LogP contribution in [0.1, 0.15) is 34.1 Å². The van der Waals surface area contributed by atoms with E-state index >= 15 is 0 Å². The molecule has 0 bridgehead atoms. The molecule has 1 atom stereocenters. The minimum absolute atomic E-state index is 0.149. The van der Waals surface area contributed by atoms with Crippen LogP contribution in [0.25, 0.3) is 0 Å². The molecule has 0 fully saturated rings. The number of nitrogens with two attached hydrogens (primary N) is 1. The maximum atomic E-state index is 5.98. The van der Waals surface area contributed by atoms with Crippen LogP contribution in [0.2, 0.25) is 0 Å². The van der Waals surface area contributed by atoms with Gasteiger partial charge >= 0.3 is 0 Å². The van der Waals surface area contributed by atoms with Crippen LogP contribution >= 0.6 is 0 Å². The van der Waals surface area contributed by atoms with Gasteiger partial charge in [0, 0.05) is 12.1 Å². The van der Waals surface area contributed by atoms with Crippen LogP contribution in [0.5, 0.6) is 0 Å². The molecule has 2 heteroatoms. The minimum atomic E-state index is -0.149. The smallest absolute Gasteiger partial charge is 0.0643 e. The molecule has 0 aliphatic heterocycles. The van der Waals surface area contributed by atoms with Crippen LogP contribution in [0.4, 0.5) is 0 Å². The first-order valence-electron chi connectivity index (χ1n) is 4.34. The molecule has 11 heavy (non-hydrogen) atoms. The Kier molecular flexibility index (Phi) is 4.69. The Morgan fingerprint density at radius 1 is 1.45 bits per heavy atom. The summed E-state index contributed by atoms with van der Waals surface area (Å²) in [5.74, 6) is 0.644. The maximum absolute atomic E-state index is 5.98. The summed E-state index contributed by atoms with van der Waals surface area (Å²) in [6.45, 7) is 9.81. The maximum Gasteiger partial charge on any atom is 0.0643 e. The van der Waals surface area contributed by atoms with E-state index in [9.17, 15) is 0 Å². The lowest BCUT2D eigenvalue weighted by Crippen LogP contribution is -2.42. The van der Waals surface area contributed by atoms with Crippen molar-refractivity contribution in [2.24, 2.45) is 11.7 Å². The summed E-state index contributed by atoms with van der Waals surface area (Å²) in [5, 5.41) is 0. The summed E-state index contributed by atoms with van der Waals surface area (Å²) >= 11 is 0. The quantitative estimate of drug-likeness (QED) is 0.663. The summed E-state index contributed by atoms with van der Waals surface area (Å²) in [6.07, 6.45) is 1.02. The van der Waals surface area contributed by atoms with Gasteiger partial charge in [-0.15, -0.1) is 0 Å². The van der Waals surface area contributed by atoms with Gasteiger partial charge < -0.3 is 10.5 Å². The SMILES string of the molecule is CCOCC(C)(N)CC(C)C. The van der Waals surface area contributed by atoms with Gasteiger partial charge in [-0.05, 0) is 26.2 Å². The van der Waals surface area contributed by atoms with Gasteiger partial charge in [0.25, 0.3) is 0 Å². The molecule has 0 aliphatic rings. The van der Waals surface area contributed by atoms with E-state index < -0.39 is 0 Å². The first-order chi connectivity index (χ1) is 4.98. The Morgan fingerprint density at radius 2 is 2.00 bits per heavy atom. The van der Waals surface area contributed by atoms with Crippen molar-refractivity contribution in [3.63, 3.8) is 0 Å². The lowest BCUT2D eigenvalue weighted by atomic mass is 9.93. The molecule has 2 nitrogen and oxygen atoms in total. The number of hydrogen-bond acceptors (Lipinski definition) is 2. The highest BCUT2D eigenvalue weighted by molar-refractivity contribution is 4.79. The molecule has 0 saturated carbocycles. The Labute approximate surface area is 70.1 Å². The monoisotopic (exact) mass is 159 g/mol. The molecule has 0 aromatic carbocycles. The molecular formula is C9H21NO. The van der Waals surface area contributed by atoms with E-state index in [2.05, 4.69) is 13.8 Å². The van der Waals surface area contributed by atoms with Crippen molar-refractivity contribution < 1.29 is 4.74 Å². The molecule has 0 radical (unpaired) electrons. The average Bonchev–Trinajstić information content (AvgIpc) is 1.81. The van der Waals surface area contributed by atoms with Crippen LogP contribution in [0.15, 0.2) is 0 Å². The summed E-state index contributed by atoms with van der Waals surface area (Å²) in [7, 11) is 0. The zero-order valence-electron chi connectivity index (χ0n) is 8.18. The molecule has 0 saturated heterocycles. The first-order valence-corrected chi connectivity index (χ1v) is 4.34. The van der Waals surface area contributed by atoms with E-state index in [1.165, 1.54) is 0 Å². The predicted molar refractivity (Wildman–Crippen MR) is 48.5 cm³/mol. The molecule has 0 heterocycles. The zero-order valence-corrected chi connectivity index (χ0v) is 8.18. The predicted octanol–water partition coefficient (Wildman–Crippen LogP) is 1.79. The van der Waals surface area contributed by atoms with E-state index in [1.54, 1.807) is 0 Å². The van der Waals surface area contributed by atoms with E-state index in [4.69, 9.17) is 10.5 Å². The molecule has 0 aromatic rings. The molecule has 0 aromatic heterocycles. The van der Waals surface area contributed by atoms with Crippen molar-refractivity contribution in [1.29, 1.82) is 0 Å². The Hall–Kier alpha value is -0.0800. The van der Waals surface area contributed by atoms with Crippen LogP contribution < -0.4 is 5.73 Å². The molecule has 0 aliphatic carbocycles. The fourth-order valence-corrected chi connectivity index (χ4v) is 1.33. The Balaban J connectivity index is 3.61. The van der Waals surface area contributed by atoms with E-state index in [1.807, 2.05) is 13.8 Å². The fourth-order valence-electron chi connectivity index (χ4n) is 1.33. The zero-order chi connectivity index (χ0) is 8.91. The first kappa shape index (κ1) is 10.9. The van der Waals surface area contributed by atoms with Crippen LogP contribution in [0.3, 0.4) is 0 Å². The average molecular weight is 159 g/mol. The van der Waals surface area contributed by atoms with Crippen molar-refractivity contribution in [2.75, 3.05) is 13.2 Å². The standard InChI is InChI=1S/C9H21NO/c1-5-11-7-9(4,10)6-8(2)3/h8H,5-7,10H2,1-4H3. The van der Waals surface area contributed by atoms with Gasteiger partial charge in [0.15, 0.2) is 0 Å². The summed E-state index contributed by atoms with van der Waals surface area (Å²) in [5.41, 5.74) is 5.83. The van der Waals surface area contributed by atoms with Crippen molar-refractivity contribution in [3.8, 4) is 0 Å². The van der Waals surface area contributed by atoms with Gasteiger partial charge in [-0.25, -0.2) is 0 Å². The fraction of sp³-hybridized carbons (Fsp3) is 1.00. The largest absolute Gasteiger partial charge is 0.380 e. The Morgan fingerprint density at radius 3 is 2.36 bits per heavy atom. The summed E-state index contributed by atoms with van der Waals surface area (Å²) < 4.78 is 5.27. The lowest BCUT2D eigenvalue weighted by Gasteiger charge is -2.25. The molecule has 0 rings (SSSR count). The molecule has 1 unspecified atom stereocenters. The topological polar surface area (TPSA) is 35.2 Å². The van der Waals surface area contributed by atoms with Gasteiger partial charge in [0.1, 0.15) is 0 Å². The second kappa shape index (κ2) is 4.73. The summed E-state index contributed by atoms with van der Waals surface area (Å²) in [4.78, 5) is 0. The number of rotatable bonds is 5. The third-order valence-corrected chi connectivity index (χ3v) is 1.51. The van der Waals surface area contributed by atoms with Crippen molar-refractivity contribution in [2.45, 2.75) is 39.7 Å². The van der Waals surface area contributed by atoms with Crippen LogP contribution in [0, 0.1) is 5.92 Å². The van der Waals surface area contributed by atoms with Gasteiger partial charge in [-0.2, -0.15) is 0 Å². The number of ether oxygens (including phenoxy) is 1. The van der Waals surface area contributed by atoms with Gasteiger partial charge in [0.05, 0.1) is 6.61 Å². The third kappa shape index (κ3) is 6.32. The molecule has 2 N–H and O–H groups in total. The second-order valence-corrected chi connectivity index (χ2v) is 3.89. The highest BCUT2D eigenvalue weighted by Crippen LogP contribution is 2.13. The lowest BCUT2D eigenvalue weighted by molar-refractivity contribution is 0.0922. The molecule has 0 amide bonds. The third-order valence-electron chi connectivity index (χ3n) is 1.51. The van der Waals surface area contributed by atoms with Gasteiger partial charge in [-0.1, -0.05) is 13.8 Å².